The van der Waals surface area contributed by atoms with Gasteiger partial charge in [0.05, 0.1) is 12.1 Å². The van der Waals surface area contributed by atoms with Crippen LogP contribution in [0.5, 0.6) is 0 Å². The zero-order valence-electron chi connectivity index (χ0n) is 11.1. The van der Waals surface area contributed by atoms with Crippen LogP contribution in [0.3, 0.4) is 0 Å². The summed E-state index contributed by atoms with van der Waals surface area (Å²) in [6, 6.07) is 9.88. The van der Waals surface area contributed by atoms with Gasteiger partial charge in [-0.1, -0.05) is 36.4 Å². The number of aromatic nitrogens is 1. The molecule has 0 fully saturated rings. The third-order valence-electron chi connectivity index (χ3n) is 2.64. The van der Waals surface area contributed by atoms with Gasteiger partial charge >= 0.3 is 5.97 Å². The van der Waals surface area contributed by atoms with E-state index < -0.39 is 0 Å². The third kappa shape index (κ3) is 4.51. The summed E-state index contributed by atoms with van der Waals surface area (Å²) in [5.74, 6) is -0.247. The average molecular weight is 305 g/mol. The first-order valence-corrected chi connectivity index (χ1v) is 7.44. The predicted octanol–water partition coefficient (Wildman–Crippen LogP) is 3.54. The number of rotatable bonds is 5. The Bertz CT molecular complexity index is 606. The van der Waals surface area contributed by atoms with E-state index in [1.165, 1.54) is 11.3 Å². The molecular weight excluding hydrogens is 290 g/mol. The van der Waals surface area contributed by atoms with Gasteiger partial charge < -0.3 is 4.74 Å². The molecule has 0 unspecified atom stereocenters. The molecule has 0 aliphatic heterocycles. The fraction of sp³-hybridized carbons (Fsp3) is 0.200. The van der Waals surface area contributed by atoms with E-state index >= 15 is 0 Å². The van der Waals surface area contributed by atoms with Crippen LogP contribution in [0.2, 0.25) is 0 Å². The molecule has 0 saturated carbocycles. The van der Waals surface area contributed by atoms with Gasteiger partial charge in [-0.15, -0.1) is 24.0 Å². The first kappa shape index (κ1) is 14.8. The molecule has 1 aromatic heterocycles. The monoisotopic (exact) mass is 305 g/mol. The van der Waals surface area contributed by atoms with Gasteiger partial charge in [-0.05, 0) is 18.6 Å². The molecule has 0 bridgehead atoms. The van der Waals surface area contributed by atoms with Crippen molar-refractivity contribution < 1.29 is 9.53 Å². The Balaban J connectivity index is 1.78. The number of esters is 1. The topological polar surface area (TPSA) is 39.2 Å². The summed E-state index contributed by atoms with van der Waals surface area (Å²) in [6.45, 7) is 2.15. The van der Waals surface area contributed by atoms with E-state index in [0.717, 1.165) is 16.1 Å². The lowest BCUT2D eigenvalue weighted by Crippen LogP contribution is -2.07. The van der Waals surface area contributed by atoms with E-state index in [9.17, 15) is 4.79 Å². The number of carbonyl (C=O) groups is 1. The second-order valence-corrected chi connectivity index (χ2v) is 5.99. The molecule has 1 aromatic carbocycles. The minimum atomic E-state index is -0.247. The maximum atomic E-state index is 11.7. The van der Waals surface area contributed by atoms with Crippen molar-refractivity contribution in [1.82, 2.24) is 4.98 Å². The van der Waals surface area contributed by atoms with Crippen molar-refractivity contribution in [2.75, 3.05) is 6.61 Å². The van der Waals surface area contributed by atoms with Crippen LogP contribution < -0.4 is 0 Å². The van der Waals surface area contributed by atoms with Crippen molar-refractivity contribution in [3.63, 3.8) is 0 Å². The summed E-state index contributed by atoms with van der Waals surface area (Å²) in [6.07, 6.45) is 4.01. The Labute approximate surface area is 127 Å². The second kappa shape index (κ2) is 7.26. The molecule has 2 rings (SSSR count). The third-order valence-corrected chi connectivity index (χ3v) is 3.97. The normalized spacial score (nSPS) is 10.9. The van der Waals surface area contributed by atoms with Crippen molar-refractivity contribution in [2.45, 2.75) is 17.7 Å². The number of thiol groups is 1. The van der Waals surface area contributed by atoms with Gasteiger partial charge in [0.2, 0.25) is 0 Å². The molecule has 5 heteroatoms. The van der Waals surface area contributed by atoms with Gasteiger partial charge in [-0.25, -0.2) is 4.98 Å². The number of ether oxygens (including phenoxy) is 1. The summed E-state index contributed by atoms with van der Waals surface area (Å²) >= 11 is 5.58. The largest absolute Gasteiger partial charge is 0.461 e. The summed E-state index contributed by atoms with van der Waals surface area (Å²) in [5.41, 5.74) is 1.93. The Morgan fingerprint density at radius 2 is 2.15 bits per heavy atom. The Hall–Kier alpha value is -1.59. The molecule has 0 spiro atoms. The Morgan fingerprint density at radius 1 is 1.40 bits per heavy atom. The van der Waals surface area contributed by atoms with E-state index in [1.807, 2.05) is 49.4 Å². The maximum Gasteiger partial charge on any atom is 0.311 e. The highest BCUT2D eigenvalue weighted by molar-refractivity contribution is 7.82. The van der Waals surface area contributed by atoms with Crippen LogP contribution >= 0.6 is 24.0 Å². The van der Waals surface area contributed by atoms with Crippen LogP contribution in [0, 0.1) is 6.92 Å². The summed E-state index contributed by atoms with van der Waals surface area (Å²) in [7, 11) is 0. The summed E-state index contributed by atoms with van der Waals surface area (Å²) in [5, 5.41) is 0. The van der Waals surface area contributed by atoms with Gasteiger partial charge in [0.1, 0.15) is 10.9 Å². The lowest BCUT2D eigenvalue weighted by atomic mass is 10.2. The maximum absolute atomic E-state index is 11.7. The van der Waals surface area contributed by atoms with Gasteiger partial charge in [0.25, 0.3) is 0 Å². The smallest absolute Gasteiger partial charge is 0.311 e. The van der Waals surface area contributed by atoms with E-state index in [2.05, 4.69) is 17.6 Å². The number of benzene rings is 1. The van der Waals surface area contributed by atoms with Crippen LogP contribution in [0.25, 0.3) is 6.08 Å². The molecular formula is C15H15NO2S2. The van der Waals surface area contributed by atoms with Crippen LogP contribution in [-0.4, -0.2) is 17.6 Å². The molecule has 0 aliphatic rings. The number of nitrogens with zero attached hydrogens (tertiary/aromatic N) is 1. The van der Waals surface area contributed by atoms with Gasteiger partial charge in [-0.2, -0.15) is 0 Å². The minimum Gasteiger partial charge on any atom is -0.461 e. The zero-order chi connectivity index (χ0) is 14.4. The highest BCUT2D eigenvalue weighted by Gasteiger charge is 2.10. The molecule has 20 heavy (non-hydrogen) atoms. The van der Waals surface area contributed by atoms with Crippen LogP contribution in [0.15, 0.2) is 40.7 Å². The number of thiazole rings is 1. The van der Waals surface area contributed by atoms with E-state index in [-0.39, 0.29) is 19.0 Å². The van der Waals surface area contributed by atoms with Crippen molar-refractivity contribution in [3.8, 4) is 0 Å². The van der Waals surface area contributed by atoms with Crippen molar-refractivity contribution in [2.24, 2.45) is 0 Å². The van der Waals surface area contributed by atoms with Crippen LogP contribution in [-0.2, 0) is 16.0 Å². The lowest BCUT2D eigenvalue weighted by Gasteiger charge is -2.00. The van der Waals surface area contributed by atoms with Crippen molar-refractivity contribution in [3.05, 3.63) is 52.5 Å². The van der Waals surface area contributed by atoms with E-state index in [1.54, 1.807) is 0 Å². The predicted molar refractivity (Wildman–Crippen MR) is 84.2 cm³/mol. The average Bonchev–Trinajstić information content (AvgIpc) is 2.74. The van der Waals surface area contributed by atoms with Crippen LogP contribution in [0.4, 0.5) is 0 Å². The van der Waals surface area contributed by atoms with E-state index in [0.29, 0.717) is 4.34 Å². The number of hydrogen-bond donors (Lipinski definition) is 1. The molecule has 2 aromatic rings. The zero-order valence-corrected chi connectivity index (χ0v) is 12.8. The SMILES string of the molecule is Cc1nc(S)sc1CC(=O)OC/C=C/c1ccccc1. The Morgan fingerprint density at radius 3 is 2.80 bits per heavy atom. The first-order chi connectivity index (χ1) is 9.65. The highest BCUT2D eigenvalue weighted by atomic mass is 32.2. The quantitative estimate of drug-likeness (QED) is 0.678. The lowest BCUT2D eigenvalue weighted by molar-refractivity contribution is -0.141. The first-order valence-electron chi connectivity index (χ1n) is 6.17. The number of hydrogen-bond acceptors (Lipinski definition) is 5. The molecule has 0 amide bonds. The molecule has 1 heterocycles. The molecule has 3 nitrogen and oxygen atoms in total. The summed E-state index contributed by atoms with van der Waals surface area (Å²) in [4.78, 5) is 16.8. The van der Waals surface area contributed by atoms with Crippen molar-refractivity contribution >= 4 is 36.0 Å². The molecule has 0 radical (unpaired) electrons. The molecule has 0 aliphatic carbocycles. The second-order valence-electron chi connectivity index (χ2n) is 4.18. The van der Waals surface area contributed by atoms with Crippen LogP contribution in [0.1, 0.15) is 16.1 Å². The molecule has 0 atom stereocenters. The fourth-order valence-electron chi connectivity index (χ4n) is 1.65. The molecule has 0 saturated heterocycles. The van der Waals surface area contributed by atoms with E-state index in [4.69, 9.17) is 4.74 Å². The Kier molecular flexibility index (Phi) is 5.38. The molecule has 0 N–H and O–H groups in total. The minimum absolute atomic E-state index is 0.247. The number of carbonyl (C=O) groups excluding carboxylic acids is 1. The standard InChI is InChI=1S/C15H15NO2S2/c1-11-13(20-15(19)16-11)10-14(17)18-9-5-8-12-6-3-2-4-7-12/h2-8H,9-10H2,1H3,(H,16,19)/b8-5+. The number of aryl methyl sites for hydroxylation is 1. The van der Waals surface area contributed by atoms with Gasteiger partial charge in [0.15, 0.2) is 0 Å². The van der Waals surface area contributed by atoms with Gasteiger partial charge in [-0.3, -0.25) is 4.79 Å². The fourth-order valence-corrected chi connectivity index (χ4v) is 2.92. The summed E-state index contributed by atoms with van der Waals surface area (Å²) < 4.78 is 5.84. The van der Waals surface area contributed by atoms with Gasteiger partial charge in [0, 0.05) is 4.88 Å². The van der Waals surface area contributed by atoms with Crippen molar-refractivity contribution in [1.29, 1.82) is 0 Å². The molecule has 104 valence electrons. The highest BCUT2D eigenvalue weighted by Crippen LogP contribution is 2.21.